The number of fused-ring (bicyclic) bond motifs is 1. The van der Waals surface area contributed by atoms with E-state index in [9.17, 15) is 35.2 Å². The predicted octanol–water partition coefficient (Wildman–Crippen LogP) is 5.38. The molecular formula is C29H27F6N5O5S. The molecule has 5 rings (SSSR count). The first-order valence-corrected chi connectivity index (χ1v) is 15.3. The number of hydrogen-bond donors (Lipinski definition) is 2. The second-order valence-corrected chi connectivity index (χ2v) is 12.3. The zero-order valence-corrected chi connectivity index (χ0v) is 24.7. The van der Waals surface area contributed by atoms with Gasteiger partial charge in [0.05, 0.1) is 34.9 Å². The molecule has 10 nitrogen and oxygen atoms in total. The third kappa shape index (κ3) is 7.20. The molecular weight excluding hydrogens is 644 g/mol. The first-order chi connectivity index (χ1) is 21.8. The maximum absolute atomic E-state index is 15.3. The number of rotatable bonds is 11. The lowest BCUT2D eigenvalue weighted by atomic mass is 9.93. The number of carbonyl (C=O) groups is 1. The van der Waals surface area contributed by atoms with E-state index in [1.54, 1.807) is 22.9 Å². The number of alkyl halides is 6. The highest BCUT2D eigenvalue weighted by Gasteiger charge is 2.41. The van der Waals surface area contributed by atoms with Crippen LogP contribution < -0.4 is 14.2 Å². The molecule has 1 fully saturated rings. The maximum Gasteiger partial charge on any atom is 0.421 e. The van der Waals surface area contributed by atoms with Gasteiger partial charge < -0.3 is 9.47 Å². The molecule has 1 aliphatic rings. The van der Waals surface area contributed by atoms with Gasteiger partial charge in [0.25, 0.3) is 15.9 Å². The molecule has 0 saturated carbocycles. The Hall–Kier alpha value is -4.38. The molecule has 4 aromatic rings. The topological polar surface area (TPSA) is 127 Å². The normalized spacial score (nSPS) is 15.6. The Morgan fingerprint density at radius 3 is 2.43 bits per heavy atom. The number of aromatic nitrogens is 3. The van der Waals surface area contributed by atoms with Crippen LogP contribution in [0.1, 0.15) is 28.8 Å². The minimum Gasteiger partial charge on any atom is -0.474 e. The monoisotopic (exact) mass is 671 g/mol. The van der Waals surface area contributed by atoms with E-state index in [1.807, 2.05) is 0 Å². The van der Waals surface area contributed by atoms with Gasteiger partial charge in [-0.05, 0) is 43.2 Å². The van der Waals surface area contributed by atoms with E-state index in [1.165, 1.54) is 35.4 Å². The second kappa shape index (κ2) is 13.2. The average molecular weight is 672 g/mol. The number of H-pyrrole nitrogens is 1. The van der Waals surface area contributed by atoms with Crippen LogP contribution in [0.2, 0.25) is 0 Å². The minimum absolute atomic E-state index is 0.0397. The summed E-state index contributed by atoms with van der Waals surface area (Å²) in [6.45, 7) is -2.88. The van der Waals surface area contributed by atoms with E-state index in [2.05, 4.69) is 15.2 Å². The number of carbonyl (C=O) groups excluding carboxylic acids is 1. The molecule has 0 radical (unpaired) electrons. The summed E-state index contributed by atoms with van der Waals surface area (Å²) in [5.74, 6) is -2.02. The largest absolute Gasteiger partial charge is 0.474 e. The third-order valence-electron chi connectivity index (χ3n) is 7.50. The number of piperidine rings is 1. The van der Waals surface area contributed by atoms with Crippen LogP contribution in [0.5, 0.6) is 17.4 Å². The lowest BCUT2D eigenvalue weighted by Crippen LogP contribution is -2.50. The average Bonchev–Trinajstić information content (AvgIpc) is 3.51. The Morgan fingerprint density at radius 1 is 1.04 bits per heavy atom. The van der Waals surface area contributed by atoms with Gasteiger partial charge in [-0.25, -0.2) is 31.3 Å². The SMILES string of the molecule is O=C(NS(=O)(=O)c1cnc(OCC2(F)CCN(C(CF)CF)CC2)c(C(F)(F)F)c1)c1ccccc1Oc1cccc2[nH]ncc12. The van der Waals surface area contributed by atoms with Gasteiger partial charge in [-0.15, -0.1) is 0 Å². The van der Waals surface area contributed by atoms with Crippen LogP contribution in [0.15, 0.2) is 65.8 Å². The highest BCUT2D eigenvalue weighted by Crippen LogP contribution is 2.38. The fourth-order valence-electron chi connectivity index (χ4n) is 4.89. The van der Waals surface area contributed by atoms with E-state index < -0.39 is 70.1 Å². The summed E-state index contributed by atoms with van der Waals surface area (Å²) < 4.78 is 122. The molecule has 3 heterocycles. The summed E-state index contributed by atoms with van der Waals surface area (Å²) in [7, 11) is -4.92. The van der Waals surface area contributed by atoms with Gasteiger partial charge >= 0.3 is 6.18 Å². The van der Waals surface area contributed by atoms with Crippen LogP contribution in [0.3, 0.4) is 0 Å². The van der Waals surface area contributed by atoms with Crippen LogP contribution in [0, 0.1) is 0 Å². The fraction of sp³-hybridized carbons (Fsp3) is 0.345. The highest BCUT2D eigenvalue weighted by molar-refractivity contribution is 7.90. The summed E-state index contributed by atoms with van der Waals surface area (Å²) in [4.78, 5) is 17.0. The zero-order valence-electron chi connectivity index (χ0n) is 23.9. The minimum atomic E-state index is -5.17. The van der Waals surface area contributed by atoms with Gasteiger partial charge in [0.1, 0.15) is 47.6 Å². The number of ether oxygens (including phenoxy) is 2. The molecule has 1 aliphatic heterocycles. The molecule has 0 spiro atoms. The molecule has 0 unspecified atom stereocenters. The molecule has 2 N–H and O–H groups in total. The molecule has 0 atom stereocenters. The molecule has 0 aliphatic carbocycles. The fourth-order valence-corrected chi connectivity index (χ4v) is 5.83. The van der Waals surface area contributed by atoms with E-state index in [0.717, 1.165) is 0 Å². The van der Waals surface area contributed by atoms with E-state index in [-0.39, 0.29) is 43.3 Å². The number of para-hydroxylation sites is 1. The van der Waals surface area contributed by atoms with Crippen LogP contribution in [0.25, 0.3) is 10.9 Å². The lowest BCUT2D eigenvalue weighted by Gasteiger charge is -2.38. The van der Waals surface area contributed by atoms with Crippen molar-refractivity contribution in [2.24, 2.45) is 0 Å². The quantitative estimate of drug-likeness (QED) is 0.204. The summed E-state index contributed by atoms with van der Waals surface area (Å²) in [5.41, 5.74) is -3.33. The zero-order chi connectivity index (χ0) is 33.1. The Kier molecular flexibility index (Phi) is 9.44. The van der Waals surface area contributed by atoms with Gasteiger partial charge in [0, 0.05) is 13.1 Å². The Balaban J connectivity index is 1.32. The Labute approximate surface area is 258 Å². The molecule has 2 aromatic carbocycles. The van der Waals surface area contributed by atoms with Crippen molar-refractivity contribution in [3.63, 3.8) is 0 Å². The standard InChI is InChI=1S/C29H27F6N5O5S/c30-13-18(14-31)40-10-8-28(32,9-11-40)17-44-27-22(29(33,34)35)12-19(15-36-27)46(42,43)39-26(41)20-4-1-2-6-24(20)45-25-7-3-5-23-21(25)16-37-38-23/h1-7,12,15-16,18H,8-11,13-14,17H2,(H,37,38)(H,39,41). The van der Waals surface area contributed by atoms with Crippen molar-refractivity contribution in [3.8, 4) is 17.4 Å². The van der Waals surface area contributed by atoms with Crippen molar-refractivity contribution in [1.82, 2.24) is 24.8 Å². The number of likely N-dealkylation sites (tertiary alicyclic amines) is 1. The number of halogens is 6. The van der Waals surface area contributed by atoms with Crippen LogP contribution in [-0.4, -0.2) is 79.2 Å². The highest BCUT2D eigenvalue weighted by atomic mass is 32.2. The van der Waals surface area contributed by atoms with Crippen LogP contribution in [-0.2, 0) is 16.2 Å². The number of aromatic amines is 1. The van der Waals surface area contributed by atoms with Crippen LogP contribution >= 0.6 is 0 Å². The maximum atomic E-state index is 15.3. The van der Waals surface area contributed by atoms with Crippen molar-refractivity contribution in [2.45, 2.75) is 35.6 Å². The molecule has 1 saturated heterocycles. The molecule has 246 valence electrons. The Bertz CT molecular complexity index is 1810. The summed E-state index contributed by atoms with van der Waals surface area (Å²) >= 11 is 0. The lowest BCUT2D eigenvalue weighted by molar-refractivity contribution is -0.140. The number of pyridine rings is 1. The Morgan fingerprint density at radius 2 is 1.74 bits per heavy atom. The van der Waals surface area contributed by atoms with E-state index >= 15 is 4.39 Å². The predicted molar refractivity (Wildman–Crippen MR) is 152 cm³/mol. The summed E-state index contributed by atoms with van der Waals surface area (Å²) in [6.07, 6.45) is -3.65. The molecule has 2 aromatic heterocycles. The van der Waals surface area contributed by atoms with E-state index in [0.29, 0.717) is 22.8 Å². The van der Waals surface area contributed by atoms with Crippen LogP contribution in [0.4, 0.5) is 26.3 Å². The number of nitrogens with one attached hydrogen (secondary N) is 2. The molecule has 17 heteroatoms. The first-order valence-electron chi connectivity index (χ1n) is 13.8. The molecule has 0 bridgehead atoms. The van der Waals surface area contributed by atoms with Crippen molar-refractivity contribution in [3.05, 3.63) is 72.1 Å². The number of nitrogens with zero attached hydrogens (tertiary/aromatic N) is 3. The molecule has 46 heavy (non-hydrogen) atoms. The molecule has 1 amide bonds. The van der Waals surface area contributed by atoms with Crippen molar-refractivity contribution in [1.29, 1.82) is 0 Å². The first kappa shape index (κ1) is 33.0. The van der Waals surface area contributed by atoms with Gasteiger partial charge in [-0.3, -0.25) is 14.8 Å². The number of sulfonamides is 1. The second-order valence-electron chi connectivity index (χ2n) is 10.6. The summed E-state index contributed by atoms with van der Waals surface area (Å²) in [6, 6.07) is 9.82. The number of benzene rings is 2. The van der Waals surface area contributed by atoms with Gasteiger partial charge in [-0.2, -0.15) is 18.3 Å². The van der Waals surface area contributed by atoms with Gasteiger partial charge in [0.2, 0.25) is 5.88 Å². The van der Waals surface area contributed by atoms with Crippen molar-refractivity contribution < 1.29 is 49.0 Å². The number of amides is 1. The van der Waals surface area contributed by atoms with Gasteiger partial charge in [-0.1, -0.05) is 18.2 Å². The smallest absolute Gasteiger partial charge is 0.421 e. The van der Waals surface area contributed by atoms with Gasteiger partial charge in [0.15, 0.2) is 0 Å². The van der Waals surface area contributed by atoms with Crippen molar-refractivity contribution in [2.75, 3.05) is 33.0 Å². The summed E-state index contributed by atoms with van der Waals surface area (Å²) in [5, 5.41) is 7.26. The number of hydrogen-bond acceptors (Lipinski definition) is 8. The van der Waals surface area contributed by atoms with Crippen molar-refractivity contribution >= 4 is 26.8 Å². The third-order valence-corrected chi connectivity index (χ3v) is 8.80. The van der Waals surface area contributed by atoms with E-state index in [4.69, 9.17) is 9.47 Å².